The van der Waals surface area contributed by atoms with Crippen LogP contribution >= 0.6 is 17.0 Å². The largest absolute Gasteiger partial charge is 0.594 e. The molecule has 0 aromatic heterocycles. The highest BCUT2D eigenvalue weighted by Crippen LogP contribution is 2.27. The molecule has 0 spiro atoms. The number of unbranched alkanes of at least 4 members (excludes halogenated alkanes) is 5. The number of quaternary nitrogens is 1. The third-order valence-corrected chi connectivity index (χ3v) is 6.12. The molecule has 1 aliphatic heterocycles. The lowest BCUT2D eigenvalue weighted by Gasteiger charge is -2.42. The van der Waals surface area contributed by atoms with E-state index in [0.717, 1.165) is 17.4 Å². The van der Waals surface area contributed by atoms with Crippen LogP contribution in [0.15, 0.2) is 29.3 Å². The van der Waals surface area contributed by atoms with Crippen molar-refractivity contribution in [3.63, 3.8) is 0 Å². The Kier molecular flexibility index (Phi) is 14.7. The predicted octanol–water partition coefficient (Wildman–Crippen LogP) is 5.78. The van der Waals surface area contributed by atoms with Gasteiger partial charge in [-0.15, -0.1) is 17.0 Å². The molecule has 1 aromatic rings. The van der Waals surface area contributed by atoms with Crippen LogP contribution in [0.4, 0.5) is 5.69 Å². The topological polar surface area (TPSA) is 53.9 Å². The number of aliphatic imine (C=N–C) groups is 1. The molecule has 0 aliphatic carbocycles. The van der Waals surface area contributed by atoms with E-state index in [2.05, 4.69) is 18.8 Å². The molecule has 6 heteroatoms. The second-order valence-electron chi connectivity index (χ2n) is 8.61. The second kappa shape index (κ2) is 16.4. The van der Waals surface area contributed by atoms with E-state index in [4.69, 9.17) is 9.47 Å². The molecule has 1 saturated heterocycles. The Morgan fingerprint density at radius 3 is 2.35 bits per heavy atom. The Labute approximate surface area is 200 Å². The summed E-state index contributed by atoms with van der Waals surface area (Å²) in [6.07, 6.45) is 11.8. The quantitative estimate of drug-likeness (QED) is 0.141. The van der Waals surface area contributed by atoms with Gasteiger partial charge in [-0.25, -0.2) is 4.99 Å². The maximum absolute atomic E-state index is 12.3. The monoisotopic (exact) mass is 498 g/mol. The predicted molar refractivity (Wildman–Crippen MR) is 133 cm³/mol. The number of hydrogen-bond donors (Lipinski definition) is 0. The van der Waals surface area contributed by atoms with Gasteiger partial charge in [0.1, 0.15) is 11.4 Å². The van der Waals surface area contributed by atoms with Crippen LogP contribution < -0.4 is 9.84 Å². The first-order chi connectivity index (χ1) is 14.7. The van der Waals surface area contributed by atoms with Crippen molar-refractivity contribution in [3.8, 4) is 5.75 Å². The fourth-order valence-electron chi connectivity index (χ4n) is 4.25. The molecule has 0 saturated carbocycles. The van der Waals surface area contributed by atoms with Crippen molar-refractivity contribution in [2.45, 2.75) is 78.1 Å². The van der Waals surface area contributed by atoms with E-state index in [-0.39, 0.29) is 17.0 Å². The number of rotatable bonds is 14. The van der Waals surface area contributed by atoms with Gasteiger partial charge in [-0.2, -0.15) is 0 Å². The summed E-state index contributed by atoms with van der Waals surface area (Å²) >= 11 is 0. The van der Waals surface area contributed by atoms with Crippen molar-refractivity contribution in [2.24, 2.45) is 4.99 Å². The normalized spacial score (nSPS) is 15.9. The standard InChI is InChI=1S/C25H42N2O3.BrH/c1-3-5-7-8-14-21-29-24-16-11-10-15-23(24)26-25(28)30-22-20-27(17-6-4-2)18-12-9-13-19-27;/h10-11,15-16H,3-9,12-14,17-22H2,1-2H3;1H. The van der Waals surface area contributed by atoms with Crippen LogP contribution in [0.5, 0.6) is 5.75 Å². The minimum atomic E-state index is -0.514. The number of para-hydroxylation sites is 2. The van der Waals surface area contributed by atoms with Crippen molar-refractivity contribution in [2.75, 3.05) is 39.4 Å². The molecule has 0 bridgehead atoms. The van der Waals surface area contributed by atoms with E-state index >= 15 is 0 Å². The Hall–Kier alpha value is -1.27. The Morgan fingerprint density at radius 1 is 0.903 bits per heavy atom. The molecule has 0 unspecified atom stereocenters. The zero-order valence-electron chi connectivity index (χ0n) is 19.7. The molecule has 0 amide bonds. The molecule has 1 aromatic carbocycles. The Balaban J connectivity index is 0.00000480. The SMILES string of the molecule is Br.CCCCCCCOc1ccccc1N=C([O-])OCC[N+]1(CCCC)CCCCC1. The molecule has 0 atom stereocenters. The summed E-state index contributed by atoms with van der Waals surface area (Å²) < 4.78 is 12.5. The summed E-state index contributed by atoms with van der Waals surface area (Å²) in [4.78, 5) is 4.16. The highest BCUT2D eigenvalue weighted by atomic mass is 79.9. The number of piperidine rings is 1. The number of hydrogen-bond acceptors (Lipinski definition) is 4. The maximum atomic E-state index is 12.3. The molecule has 0 N–H and O–H groups in total. The van der Waals surface area contributed by atoms with Gasteiger partial charge in [0.2, 0.25) is 0 Å². The average Bonchev–Trinajstić information content (AvgIpc) is 2.76. The van der Waals surface area contributed by atoms with E-state index < -0.39 is 6.08 Å². The second-order valence-corrected chi connectivity index (χ2v) is 8.61. The van der Waals surface area contributed by atoms with Gasteiger partial charge in [-0.3, -0.25) is 0 Å². The molecular formula is C25H43BrN2O3. The van der Waals surface area contributed by atoms with Gasteiger partial charge in [0.05, 0.1) is 32.8 Å². The summed E-state index contributed by atoms with van der Waals surface area (Å²) in [5.74, 6) is 0.660. The zero-order chi connectivity index (χ0) is 21.5. The first-order valence-corrected chi connectivity index (χ1v) is 12.1. The maximum Gasteiger partial charge on any atom is 0.151 e. The third-order valence-electron chi connectivity index (χ3n) is 6.12. The molecule has 31 heavy (non-hydrogen) atoms. The lowest BCUT2D eigenvalue weighted by molar-refractivity contribution is -0.932. The van der Waals surface area contributed by atoms with Crippen LogP contribution in [0.25, 0.3) is 0 Å². The average molecular weight is 500 g/mol. The lowest BCUT2D eigenvalue weighted by Crippen LogP contribution is -2.54. The first-order valence-electron chi connectivity index (χ1n) is 12.1. The zero-order valence-corrected chi connectivity index (χ0v) is 21.4. The Morgan fingerprint density at radius 2 is 1.61 bits per heavy atom. The molecule has 1 heterocycles. The number of benzene rings is 1. The van der Waals surface area contributed by atoms with Crippen LogP contribution in [0.1, 0.15) is 78.1 Å². The highest BCUT2D eigenvalue weighted by Gasteiger charge is 2.28. The van der Waals surface area contributed by atoms with Crippen LogP contribution in [0, 0.1) is 0 Å². The molecule has 5 nitrogen and oxygen atoms in total. The van der Waals surface area contributed by atoms with Crippen molar-refractivity contribution in [1.82, 2.24) is 0 Å². The lowest BCUT2D eigenvalue weighted by atomic mass is 10.1. The van der Waals surface area contributed by atoms with Gasteiger partial charge >= 0.3 is 0 Å². The summed E-state index contributed by atoms with van der Waals surface area (Å²) in [5, 5.41) is 12.3. The fraction of sp³-hybridized carbons (Fsp3) is 0.720. The van der Waals surface area contributed by atoms with Crippen LogP contribution in [-0.2, 0) is 4.74 Å². The van der Waals surface area contributed by atoms with E-state index in [9.17, 15) is 5.11 Å². The molecule has 1 fully saturated rings. The molecular weight excluding hydrogens is 456 g/mol. The summed E-state index contributed by atoms with van der Waals surface area (Å²) in [6.45, 7) is 10.1. The van der Waals surface area contributed by atoms with Crippen LogP contribution in [0.2, 0.25) is 0 Å². The molecule has 178 valence electrons. The smallest absolute Gasteiger partial charge is 0.151 e. The summed E-state index contributed by atoms with van der Waals surface area (Å²) in [5.41, 5.74) is 0.559. The van der Waals surface area contributed by atoms with E-state index in [0.29, 0.717) is 24.7 Å². The van der Waals surface area contributed by atoms with Crippen molar-refractivity contribution >= 4 is 28.8 Å². The Bertz CT molecular complexity index is 619. The van der Waals surface area contributed by atoms with Gasteiger partial charge in [0.15, 0.2) is 6.08 Å². The summed E-state index contributed by atoms with van der Waals surface area (Å²) in [6, 6.07) is 7.47. The van der Waals surface area contributed by atoms with E-state index in [1.165, 1.54) is 77.4 Å². The van der Waals surface area contributed by atoms with Crippen molar-refractivity contribution < 1.29 is 19.1 Å². The van der Waals surface area contributed by atoms with Gasteiger partial charge < -0.3 is 19.1 Å². The van der Waals surface area contributed by atoms with E-state index in [1.807, 2.05) is 24.3 Å². The van der Waals surface area contributed by atoms with Crippen molar-refractivity contribution in [3.05, 3.63) is 24.3 Å². The molecule has 2 rings (SSSR count). The van der Waals surface area contributed by atoms with Crippen LogP contribution in [-0.4, -0.2) is 50.0 Å². The molecule has 1 aliphatic rings. The number of halogens is 1. The number of likely N-dealkylation sites (tertiary alicyclic amines) is 1. The van der Waals surface area contributed by atoms with E-state index in [1.54, 1.807) is 0 Å². The van der Waals surface area contributed by atoms with Gasteiger partial charge in [0.25, 0.3) is 0 Å². The highest BCUT2D eigenvalue weighted by molar-refractivity contribution is 8.93. The van der Waals surface area contributed by atoms with Crippen LogP contribution in [0.3, 0.4) is 0 Å². The van der Waals surface area contributed by atoms with Gasteiger partial charge in [-0.05, 0) is 44.2 Å². The number of ether oxygens (including phenoxy) is 2. The molecule has 0 radical (unpaired) electrons. The van der Waals surface area contributed by atoms with Crippen molar-refractivity contribution in [1.29, 1.82) is 0 Å². The third kappa shape index (κ3) is 10.7. The van der Waals surface area contributed by atoms with Gasteiger partial charge in [-0.1, -0.05) is 58.1 Å². The number of nitrogens with zero attached hydrogens (tertiary/aromatic N) is 2. The minimum absolute atomic E-state index is 0. The first kappa shape index (κ1) is 27.8. The van der Waals surface area contributed by atoms with Gasteiger partial charge in [0, 0.05) is 6.61 Å². The summed E-state index contributed by atoms with van der Waals surface area (Å²) in [7, 11) is 0. The minimum Gasteiger partial charge on any atom is -0.594 e. The fourth-order valence-corrected chi connectivity index (χ4v) is 4.25.